The summed E-state index contributed by atoms with van der Waals surface area (Å²) in [6.45, 7) is 0. The molecule has 0 unspecified atom stereocenters. The van der Waals surface area contributed by atoms with Crippen molar-refractivity contribution >= 4 is 37.5 Å². The predicted octanol–water partition coefficient (Wildman–Crippen LogP) is 3.00. The zero-order chi connectivity index (χ0) is 19.6. The lowest BCUT2D eigenvalue weighted by Gasteiger charge is -2.14. The summed E-state index contributed by atoms with van der Waals surface area (Å²) >= 11 is 3.22. The fraction of sp³-hybridized carbons (Fsp3) is 0.118. The number of nitrogens with zero attached hydrogens (tertiary/aromatic N) is 3. The summed E-state index contributed by atoms with van der Waals surface area (Å²) in [4.78, 5) is 12.6. The summed E-state index contributed by atoms with van der Waals surface area (Å²) in [6.07, 6.45) is 1.22. The molecule has 1 amide bonds. The Hall–Kier alpha value is -2.56. The van der Waals surface area contributed by atoms with E-state index < -0.39 is 15.9 Å². The van der Waals surface area contributed by atoms with Crippen LogP contribution in [0.2, 0.25) is 0 Å². The fourth-order valence-electron chi connectivity index (χ4n) is 2.27. The van der Waals surface area contributed by atoms with Crippen molar-refractivity contribution in [1.82, 2.24) is 14.5 Å². The molecular weight excluding hydrogens is 436 g/mol. The second-order valence-electron chi connectivity index (χ2n) is 5.71. The van der Waals surface area contributed by atoms with E-state index in [2.05, 4.69) is 31.4 Å². The summed E-state index contributed by atoms with van der Waals surface area (Å²) in [7, 11) is -0.838. The number of benzene rings is 2. The van der Waals surface area contributed by atoms with E-state index in [0.29, 0.717) is 21.6 Å². The van der Waals surface area contributed by atoms with E-state index in [9.17, 15) is 13.2 Å². The fourth-order valence-corrected chi connectivity index (χ4v) is 4.12. The first kappa shape index (κ1) is 19.2. The van der Waals surface area contributed by atoms with Gasteiger partial charge in [-0.15, -0.1) is 10.2 Å². The summed E-state index contributed by atoms with van der Waals surface area (Å²) in [6, 6.07) is 11.3. The van der Waals surface area contributed by atoms with Gasteiger partial charge in [-0.1, -0.05) is 6.07 Å². The van der Waals surface area contributed by atoms with E-state index >= 15 is 0 Å². The molecule has 3 aromatic rings. The molecule has 0 aliphatic rings. The molecular formula is C17H15BrN4O4S. The van der Waals surface area contributed by atoms with Gasteiger partial charge >= 0.3 is 0 Å². The van der Waals surface area contributed by atoms with Crippen molar-refractivity contribution < 1.29 is 17.6 Å². The quantitative estimate of drug-likeness (QED) is 0.640. The third-order valence-corrected chi connectivity index (χ3v) is 6.49. The Morgan fingerprint density at radius 3 is 2.63 bits per heavy atom. The van der Waals surface area contributed by atoms with E-state index in [1.807, 2.05) is 0 Å². The number of halogens is 1. The largest absolute Gasteiger partial charge is 0.423 e. The molecule has 140 valence electrons. The molecule has 1 N–H and O–H groups in total. The highest BCUT2D eigenvalue weighted by Gasteiger charge is 2.22. The highest BCUT2D eigenvalue weighted by Crippen LogP contribution is 2.26. The maximum Gasteiger partial charge on any atom is 0.255 e. The van der Waals surface area contributed by atoms with Crippen LogP contribution in [0.5, 0.6) is 0 Å². The molecule has 3 rings (SSSR count). The first-order chi connectivity index (χ1) is 12.8. The smallest absolute Gasteiger partial charge is 0.255 e. The van der Waals surface area contributed by atoms with E-state index in [0.717, 1.165) is 4.31 Å². The third-order valence-electron chi connectivity index (χ3n) is 3.68. The molecule has 10 heteroatoms. The van der Waals surface area contributed by atoms with Crippen molar-refractivity contribution in [3.05, 3.63) is 58.9 Å². The molecule has 27 heavy (non-hydrogen) atoms. The Kier molecular flexibility index (Phi) is 5.40. The average Bonchev–Trinajstić information content (AvgIpc) is 3.16. The van der Waals surface area contributed by atoms with Crippen LogP contribution in [-0.2, 0) is 10.0 Å². The van der Waals surface area contributed by atoms with E-state index in [1.54, 1.807) is 24.3 Å². The van der Waals surface area contributed by atoms with Gasteiger partial charge in [-0.05, 0) is 52.3 Å². The Labute approximate surface area is 164 Å². The maximum atomic E-state index is 12.6. The van der Waals surface area contributed by atoms with Crippen molar-refractivity contribution in [1.29, 1.82) is 0 Å². The molecule has 1 aromatic heterocycles. The molecule has 0 saturated heterocycles. The molecule has 0 aliphatic heterocycles. The van der Waals surface area contributed by atoms with Gasteiger partial charge in [0.25, 0.3) is 5.91 Å². The topological polar surface area (TPSA) is 105 Å². The molecule has 2 aromatic carbocycles. The number of hydrogen-bond acceptors (Lipinski definition) is 6. The maximum absolute atomic E-state index is 12.6. The van der Waals surface area contributed by atoms with Gasteiger partial charge in [0.15, 0.2) is 0 Å². The number of nitrogens with one attached hydrogen (secondary N) is 1. The Morgan fingerprint density at radius 1 is 1.19 bits per heavy atom. The summed E-state index contributed by atoms with van der Waals surface area (Å²) in [5.74, 6) is -0.116. The van der Waals surface area contributed by atoms with Crippen LogP contribution in [0.15, 0.2) is 62.6 Å². The molecule has 0 atom stereocenters. The van der Waals surface area contributed by atoms with E-state index in [4.69, 9.17) is 4.42 Å². The third kappa shape index (κ3) is 4.07. The lowest BCUT2D eigenvalue weighted by Crippen LogP contribution is -2.23. The van der Waals surface area contributed by atoms with Crippen molar-refractivity contribution in [3.8, 4) is 11.5 Å². The summed E-state index contributed by atoms with van der Waals surface area (Å²) < 4.78 is 31.4. The van der Waals surface area contributed by atoms with Crippen molar-refractivity contribution in [2.45, 2.75) is 4.90 Å². The molecule has 0 radical (unpaired) electrons. The van der Waals surface area contributed by atoms with Crippen molar-refractivity contribution in [3.63, 3.8) is 0 Å². The number of sulfonamides is 1. The van der Waals surface area contributed by atoms with Crippen LogP contribution in [-0.4, -0.2) is 42.9 Å². The van der Waals surface area contributed by atoms with Gasteiger partial charge in [-0.2, -0.15) is 0 Å². The number of rotatable bonds is 5. The molecule has 0 spiro atoms. The first-order valence-corrected chi connectivity index (χ1v) is 9.92. The van der Waals surface area contributed by atoms with Gasteiger partial charge in [0, 0.05) is 35.4 Å². The van der Waals surface area contributed by atoms with Crippen LogP contribution >= 0.6 is 15.9 Å². The average molecular weight is 451 g/mol. The van der Waals surface area contributed by atoms with Gasteiger partial charge in [0.05, 0.1) is 4.90 Å². The summed E-state index contributed by atoms with van der Waals surface area (Å²) in [5.41, 5.74) is 1.37. The second kappa shape index (κ2) is 7.59. The van der Waals surface area contributed by atoms with Crippen LogP contribution in [0.1, 0.15) is 10.4 Å². The Balaban J connectivity index is 1.88. The van der Waals surface area contributed by atoms with Crippen LogP contribution < -0.4 is 5.32 Å². The number of carbonyl (C=O) groups excluding carboxylic acids is 1. The minimum Gasteiger partial charge on any atom is -0.423 e. The van der Waals surface area contributed by atoms with Crippen LogP contribution in [0.3, 0.4) is 0 Å². The SMILES string of the molecule is CN(C)S(=O)(=O)c1cc(C(=O)Nc2cccc(-c3nnco3)c2)ccc1Br. The van der Waals surface area contributed by atoms with E-state index in [1.165, 1.54) is 38.7 Å². The van der Waals surface area contributed by atoms with Crippen molar-refractivity contribution in [2.24, 2.45) is 0 Å². The van der Waals surface area contributed by atoms with Crippen LogP contribution in [0, 0.1) is 0 Å². The molecule has 0 saturated carbocycles. The number of carbonyl (C=O) groups is 1. The van der Waals surface area contributed by atoms with Gasteiger partial charge < -0.3 is 9.73 Å². The molecule has 8 nitrogen and oxygen atoms in total. The number of aromatic nitrogens is 2. The molecule has 1 heterocycles. The molecule has 0 aliphatic carbocycles. The van der Waals surface area contributed by atoms with E-state index in [-0.39, 0.29) is 10.5 Å². The van der Waals surface area contributed by atoms with Gasteiger partial charge in [0.2, 0.25) is 22.3 Å². The van der Waals surface area contributed by atoms with Crippen LogP contribution in [0.4, 0.5) is 5.69 Å². The zero-order valence-corrected chi connectivity index (χ0v) is 16.8. The van der Waals surface area contributed by atoms with Crippen LogP contribution in [0.25, 0.3) is 11.5 Å². The standard InChI is InChI=1S/C17H15BrN4O4S/c1-22(2)27(24,25)15-9-11(6-7-14(15)18)16(23)20-13-5-3-4-12(8-13)17-21-19-10-26-17/h3-10H,1-2H3,(H,20,23). The number of anilines is 1. The number of hydrogen-bond donors (Lipinski definition) is 1. The van der Waals surface area contributed by atoms with Gasteiger partial charge in [-0.25, -0.2) is 12.7 Å². The predicted molar refractivity (Wildman–Crippen MR) is 103 cm³/mol. The van der Waals surface area contributed by atoms with Gasteiger partial charge in [0.1, 0.15) is 0 Å². The summed E-state index contributed by atoms with van der Waals surface area (Å²) in [5, 5.41) is 10.2. The molecule has 0 fully saturated rings. The first-order valence-electron chi connectivity index (χ1n) is 7.69. The zero-order valence-electron chi connectivity index (χ0n) is 14.4. The minimum absolute atomic E-state index is 0.0137. The highest BCUT2D eigenvalue weighted by atomic mass is 79.9. The minimum atomic E-state index is -3.69. The lowest BCUT2D eigenvalue weighted by molar-refractivity contribution is 0.102. The monoisotopic (exact) mass is 450 g/mol. The van der Waals surface area contributed by atoms with Gasteiger partial charge in [-0.3, -0.25) is 4.79 Å². The lowest BCUT2D eigenvalue weighted by atomic mass is 10.1. The highest BCUT2D eigenvalue weighted by molar-refractivity contribution is 9.10. The normalized spacial score (nSPS) is 11.6. The Bertz CT molecular complexity index is 1080. The second-order valence-corrected chi connectivity index (χ2v) is 8.69. The number of amides is 1. The molecule has 0 bridgehead atoms. The Morgan fingerprint density at radius 2 is 1.96 bits per heavy atom. The van der Waals surface area contributed by atoms with Crippen molar-refractivity contribution in [2.75, 3.05) is 19.4 Å².